The summed E-state index contributed by atoms with van der Waals surface area (Å²) in [5, 5.41) is 13.0. The van der Waals surface area contributed by atoms with Crippen LogP contribution in [0.5, 0.6) is 11.5 Å². The van der Waals surface area contributed by atoms with Crippen LogP contribution >= 0.6 is 0 Å². The smallest absolute Gasteiger partial charge is 0.329 e. The lowest BCUT2D eigenvalue weighted by molar-refractivity contribution is -0.136. The van der Waals surface area contributed by atoms with E-state index < -0.39 is 51.9 Å². The minimum absolute atomic E-state index is 0.0210. The van der Waals surface area contributed by atoms with Gasteiger partial charge in [-0.3, -0.25) is 38.5 Å². The first-order valence-electron chi connectivity index (χ1n) is 17.1. The average Bonchev–Trinajstić information content (AvgIpc) is 3.53. The summed E-state index contributed by atoms with van der Waals surface area (Å²) in [5.74, 6) is -2.95. The van der Waals surface area contributed by atoms with Gasteiger partial charge in [-0.15, -0.1) is 0 Å². The van der Waals surface area contributed by atoms with Gasteiger partial charge in [0.15, 0.2) is 5.82 Å². The van der Waals surface area contributed by atoms with Crippen LogP contribution in [0.4, 0.5) is 10.1 Å². The van der Waals surface area contributed by atoms with Crippen LogP contribution in [0, 0.1) is 5.82 Å². The minimum Gasteiger partial charge on any atom is -0.506 e. The second-order valence-corrected chi connectivity index (χ2v) is 15.2. The van der Waals surface area contributed by atoms with E-state index >= 15 is 4.39 Å². The third-order valence-electron chi connectivity index (χ3n) is 10.2. The van der Waals surface area contributed by atoms with Crippen LogP contribution in [0.25, 0.3) is 21.8 Å². The molecule has 53 heavy (non-hydrogen) atoms. The molecule has 4 heterocycles. The molecule has 1 unspecified atom stereocenters. The molecule has 3 fully saturated rings. The number of carbonyl (C=O) groups is 4. The van der Waals surface area contributed by atoms with Crippen molar-refractivity contribution < 1.29 is 41.8 Å². The number of aryl methyl sites for hydroxylation is 1. The van der Waals surface area contributed by atoms with Crippen LogP contribution in [0.3, 0.4) is 0 Å². The maximum atomic E-state index is 15.6. The quantitative estimate of drug-likeness (QED) is 0.210. The first-order valence-corrected chi connectivity index (χ1v) is 18.6. The standard InChI is InChI=1S/C35H38FN7O9S/c1-39(13-14-52-23-5-3-22-16-28(44)33(32(36)24(22)17-23)42-18-30(46)38-53(42,50)51)31(47)19-41-11-9-20(10-12-41)21-4-6-25-27(15-21)40(2)35(49)43(25)26-7-8-29(45)37-34(26)48/h3-6,15-17,20,26,44H,7-14,18-19H2,1-2H3,(H,38,46)(H,37,45,48). The SMILES string of the molecule is CN(CCOc1ccc2cc(O)c(N3CC(=O)NS3(=O)=O)c(F)c2c1)C(=O)CN1CCC(c2ccc3c(c2)n(C)c(=O)n3C2CCC(=O)NC2=O)CC1. The molecule has 3 aromatic carbocycles. The van der Waals surface area contributed by atoms with Gasteiger partial charge in [0, 0.05) is 25.9 Å². The molecular weight excluding hydrogens is 713 g/mol. The van der Waals surface area contributed by atoms with Gasteiger partial charge >= 0.3 is 15.9 Å². The third-order valence-corrected chi connectivity index (χ3v) is 11.6. The van der Waals surface area contributed by atoms with Crippen molar-refractivity contribution in [3.8, 4) is 11.5 Å². The lowest BCUT2D eigenvalue weighted by Crippen LogP contribution is -2.44. The zero-order valence-electron chi connectivity index (χ0n) is 29.0. The fourth-order valence-electron chi connectivity index (χ4n) is 7.31. The number of halogens is 1. The molecule has 0 aliphatic carbocycles. The summed E-state index contributed by atoms with van der Waals surface area (Å²) in [5.41, 5.74) is 1.47. The van der Waals surface area contributed by atoms with E-state index in [0.29, 0.717) is 28.4 Å². The average molecular weight is 752 g/mol. The van der Waals surface area contributed by atoms with Gasteiger partial charge in [0.1, 0.15) is 36.4 Å². The van der Waals surface area contributed by atoms with E-state index in [9.17, 15) is 37.5 Å². The van der Waals surface area contributed by atoms with Gasteiger partial charge in [-0.2, -0.15) is 8.42 Å². The summed E-state index contributed by atoms with van der Waals surface area (Å²) < 4.78 is 51.2. The van der Waals surface area contributed by atoms with Crippen LogP contribution in [0.1, 0.15) is 43.2 Å². The Balaban J connectivity index is 0.927. The Morgan fingerprint density at radius 1 is 1.02 bits per heavy atom. The van der Waals surface area contributed by atoms with Gasteiger partial charge < -0.3 is 14.7 Å². The Kier molecular flexibility index (Phi) is 9.35. The molecule has 0 radical (unpaired) electrons. The highest BCUT2D eigenvalue weighted by Crippen LogP contribution is 2.39. The normalized spacial score (nSPS) is 19.5. The van der Waals surface area contributed by atoms with E-state index in [2.05, 4.69) is 10.2 Å². The maximum Gasteiger partial charge on any atom is 0.329 e. The van der Waals surface area contributed by atoms with Gasteiger partial charge in [-0.1, -0.05) is 12.1 Å². The zero-order chi connectivity index (χ0) is 37.8. The predicted molar refractivity (Wildman–Crippen MR) is 190 cm³/mol. The van der Waals surface area contributed by atoms with E-state index in [1.165, 1.54) is 27.3 Å². The topological polar surface area (TPSA) is 193 Å². The van der Waals surface area contributed by atoms with Gasteiger partial charge in [0.2, 0.25) is 17.7 Å². The fraction of sp³-hybridized carbons (Fsp3) is 0.400. The van der Waals surface area contributed by atoms with Gasteiger partial charge in [-0.25, -0.2) is 18.2 Å². The van der Waals surface area contributed by atoms with Crippen molar-refractivity contribution in [2.24, 2.45) is 7.05 Å². The summed E-state index contributed by atoms with van der Waals surface area (Å²) in [6.45, 7) is 1.27. The molecule has 0 spiro atoms. The summed E-state index contributed by atoms with van der Waals surface area (Å²) in [4.78, 5) is 65.7. The number of anilines is 1. The zero-order valence-corrected chi connectivity index (χ0v) is 29.8. The molecule has 1 aromatic heterocycles. The highest BCUT2D eigenvalue weighted by molar-refractivity contribution is 7.92. The number of benzene rings is 3. The maximum absolute atomic E-state index is 15.6. The molecule has 1 atom stereocenters. The number of hydrogen-bond acceptors (Lipinski definition) is 10. The predicted octanol–water partition coefficient (Wildman–Crippen LogP) is 1.21. The monoisotopic (exact) mass is 751 g/mol. The van der Waals surface area contributed by atoms with Crippen molar-refractivity contribution in [3.05, 3.63) is 64.3 Å². The number of ether oxygens (including phenoxy) is 1. The summed E-state index contributed by atoms with van der Waals surface area (Å²) >= 11 is 0. The molecular formula is C35H38FN7O9S. The first kappa shape index (κ1) is 35.9. The molecule has 16 nitrogen and oxygen atoms in total. The lowest BCUT2D eigenvalue weighted by atomic mass is 9.89. The number of carbonyl (C=O) groups excluding carboxylic acids is 4. The number of likely N-dealkylation sites (N-methyl/N-ethyl adjacent to an activating group) is 1. The molecule has 280 valence electrons. The number of aromatic hydroxyl groups is 1. The molecule has 0 bridgehead atoms. The highest BCUT2D eigenvalue weighted by Gasteiger charge is 2.38. The van der Waals surface area contributed by atoms with E-state index in [4.69, 9.17) is 4.74 Å². The lowest BCUT2D eigenvalue weighted by Gasteiger charge is -2.32. The van der Waals surface area contributed by atoms with Crippen LogP contribution in [-0.4, -0.2) is 102 Å². The number of piperidine rings is 2. The molecule has 4 amide bonds. The molecule has 7 rings (SSSR count). The molecule has 4 aromatic rings. The number of imide groups is 1. The Morgan fingerprint density at radius 2 is 1.77 bits per heavy atom. The van der Waals surface area contributed by atoms with Crippen molar-refractivity contribution in [2.45, 2.75) is 37.6 Å². The second-order valence-electron chi connectivity index (χ2n) is 13.6. The van der Waals surface area contributed by atoms with Gasteiger partial charge in [-0.05, 0) is 79.6 Å². The molecule has 3 N–H and O–H groups in total. The Labute approximate surface area is 302 Å². The van der Waals surface area contributed by atoms with Crippen LogP contribution in [-0.2, 0) is 36.4 Å². The number of phenols is 1. The van der Waals surface area contributed by atoms with E-state index in [1.807, 2.05) is 18.2 Å². The number of amides is 4. The highest BCUT2D eigenvalue weighted by atomic mass is 32.2. The minimum atomic E-state index is -4.35. The molecule has 18 heteroatoms. The van der Waals surface area contributed by atoms with Crippen LogP contribution < -0.4 is 24.8 Å². The van der Waals surface area contributed by atoms with Crippen LogP contribution in [0.15, 0.2) is 47.3 Å². The number of rotatable bonds is 9. The van der Waals surface area contributed by atoms with E-state index in [0.717, 1.165) is 18.4 Å². The Bertz CT molecular complexity index is 2350. The van der Waals surface area contributed by atoms with Crippen LogP contribution in [0.2, 0.25) is 0 Å². The van der Waals surface area contributed by atoms with Crippen molar-refractivity contribution in [1.29, 1.82) is 0 Å². The molecule has 3 aliphatic heterocycles. The number of nitrogens with zero attached hydrogens (tertiary/aromatic N) is 5. The van der Waals surface area contributed by atoms with Gasteiger partial charge in [0.05, 0.1) is 24.1 Å². The van der Waals surface area contributed by atoms with E-state index in [1.54, 1.807) is 29.8 Å². The number of nitrogens with one attached hydrogen (secondary N) is 2. The number of fused-ring (bicyclic) bond motifs is 2. The van der Waals surface area contributed by atoms with Crippen molar-refractivity contribution in [3.63, 3.8) is 0 Å². The third kappa shape index (κ3) is 6.79. The number of phenolic OH excluding ortho intramolecular Hbond substituents is 1. The van der Waals surface area contributed by atoms with Gasteiger partial charge in [0.25, 0.3) is 5.91 Å². The molecule has 3 aliphatic rings. The molecule has 3 saturated heterocycles. The summed E-state index contributed by atoms with van der Waals surface area (Å²) in [6, 6.07) is 10.7. The molecule has 0 saturated carbocycles. The van der Waals surface area contributed by atoms with Crippen molar-refractivity contribution >= 4 is 61.3 Å². The number of aromatic nitrogens is 2. The summed E-state index contributed by atoms with van der Waals surface area (Å²) in [7, 11) is -1.02. The number of likely N-dealkylation sites (tertiary alicyclic amines) is 1. The number of imidazole rings is 1. The van der Waals surface area contributed by atoms with Crippen molar-refractivity contribution in [2.75, 3.05) is 50.7 Å². The second kappa shape index (κ2) is 13.8. The van der Waals surface area contributed by atoms with Crippen molar-refractivity contribution in [1.82, 2.24) is 29.0 Å². The first-order chi connectivity index (χ1) is 25.2. The fourth-order valence-corrected chi connectivity index (χ4v) is 8.47. The number of hydrogen-bond donors (Lipinski definition) is 3. The summed E-state index contributed by atoms with van der Waals surface area (Å²) in [6.07, 6.45) is 2.06. The van der Waals surface area contributed by atoms with E-state index in [-0.39, 0.29) is 72.5 Å². The Morgan fingerprint density at radius 3 is 2.47 bits per heavy atom. The Hall–Kier alpha value is -5.49. The largest absolute Gasteiger partial charge is 0.506 e.